The van der Waals surface area contributed by atoms with Gasteiger partial charge in [-0.25, -0.2) is 4.79 Å². The van der Waals surface area contributed by atoms with E-state index >= 15 is 0 Å². The Bertz CT molecular complexity index is 893. The van der Waals surface area contributed by atoms with Crippen molar-refractivity contribution < 1.29 is 19.2 Å². The Kier molecular flexibility index (Phi) is 4.37. The molecule has 0 amide bonds. The van der Waals surface area contributed by atoms with Gasteiger partial charge in [-0.1, -0.05) is 42.5 Å². The number of hydrogen-bond donors (Lipinski definition) is 1. The molecule has 2 aromatic carbocycles. The van der Waals surface area contributed by atoms with Crippen LogP contribution in [-0.2, 0) is 4.84 Å². The summed E-state index contributed by atoms with van der Waals surface area (Å²) in [6, 6.07) is 17.6. The lowest BCUT2D eigenvalue weighted by atomic mass is 10.0. The molecule has 2 heterocycles. The molecule has 1 unspecified atom stereocenters. The number of carbonyl (C=O) groups is 1. The van der Waals surface area contributed by atoms with Gasteiger partial charge in [0, 0.05) is 12.1 Å². The van der Waals surface area contributed by atoms with Crippen LogP contribution < -0.4 is 0 Å². The molecule has 0 aliphatic carbocycles. The van der Waals surface area contributed by atoms with Crippen molar-refractivity contribution in [3.05, 3.63) is 60.5 Å². The predicted molar refractivity (Wildman–Crippen MR) is 93.0 cm³/mol. The Morgan fingerprint density at radius 1 is 1.04 bits per heavy atom. The second-order valence-electron chi connectivity index (χ2n) is 6.04. The molecule has 7 heteroatoms. The number of carboxylic acid groups (broad SMARTS) is 1. The van der Waals surface area contributed by atoms with Crippen LogP contribution in [0, 0.1) is 0 Å². The van der Waals surface area contributed by atoms with Crippen molar-refractivity contribution in [2.45, 2.75) is 18.9 Å². The van der Waals surface area contributed by atoms with E-state index in [-0.39, 0.29) is 6.04 Å². The van der Waals surface area contributed by atoms with Gasteiger partial charge in [0.25, 0.3) is 0 Å². The standard InChI is InChI=1S/C19H17N3O4/c23-19(24)26-22-12-4-7-16(22)18-21-20-17(25-18)15-10-8-14(9-11-15)13-5-2-1-3-6-13/h1-3,5-6,8-11,16H,4,7,12H2,(H,23,24). The maximum absolute atomic E-state index is 10.8. The normalized spacial score (nSPS) is 17.3. The summed E-state index contributed by atoms with van der Waals surface area (Å²) >= 11 is 0. The van der Waals surface area contributed by atoms with Gasteiger partial charge in [-0.05, 0) is 36.1 Å². The number of nitrogens with zero attached hydrogens (tertiary/aromatic N) is 3. The van der Waals surface area contributed by atoms with Crippen LogP contribution in [0.25, 0.3) is 22.6 Å². The van der Waals surface area contributed by atoms with Gasteiger partial charge in [0.1, 0.15) is 6.04 Å². The van der Waals surface area contributed by atoms with E-state index in [0.29, 0.717) is 24.7 Å². The van der Waals surface area contributed by atoms with E-state index in [1.54, 1.807) is 0 Å². The van der Waals surface area contributed by atoms with Gasteiger partial charge in [0.15, 0.2) is 0 Å². The second kappa shape index (κ2) is 6.97. The monoisotopic (exact) mass is 351 g/mol. The molecule has 1 N–H and O–H groups in total. The van der Waals surface area contributed by atoms with Crippen molar-refractivity contribution in [3.8, 4) is 22.6 Å². The highest BCUT2D eigenvalue weighted by molar-refractivity contribution is 5.67. The predicted octanol–water partition coefficient (Wildman–Crippen LogP) is 4.15. The molecule has 1 aliphatic rings. The zero-order chi connectivity index (χ0) is 17.9. The number of benzene rings is 2. The van der Waals surface area contributed by atoms with Crippen LogP contribution in [0.4, 0.5) is 4.79 Å². The van der Waals surface area contributed by atoms with Crippen molar-refractivity contribution >= 4 is 6.16 Å². The van der Waals surface area contributed by atoms with Gasteiger partial charge in [0.2, 0.25) is 11.8 Å². The molecule has 3 aromatic rings. The highest BCUT2D eigenvalue weighted by atomic mass is 16.8. The van der Waals surface area contributed by atoms with Crippen molar-refractivity contribution in [3.63, 3.8) is 0 Å². The van der Waals surface area contributed by atoms with E-state index in [0.717, 1.165) is 23.1 Å². The van der Waals surface area contributed by atoms with E-state index in [1.165, 1.54) is 5.06 Å². The highest BCUT2D eigenvalue weighted by Gasteiger charge is 2.33. The van der Waals surface area contributed by atoms with E-state index in [1.807, 2.05) is 42.5 Å². The summed E-state index contributed by atoms with van der Waals surface area (Å²) in [6.07, 6.45) is 0.177. The molecular formula is C19H17N3O4. The van der Waals surface area contributed by atoms with E-state index < -0.39 is 6.16 Å². The van der Waals surface area contributed by atoms with Crippen LogP contribution in [0.15, 0.2) is 59.0 Å². The number of hydroxylamine groups is 2. The molecule has 1 fully saturated rings. The Balaban J connectivity index is 1.54. The van der Waals surface area contributed by atoms with Crippen molar-refractivity contribution in [1.29, 1.82) is 0 Å². The molecule has 0 bridgehead atoms. The van der Waals surface area contributed by atoms with Crippen molar-refractivity contribution in [2.24, 2.45) is 0 Å². The highest BCUT2D eigenvalue weighted by Crippen LogP contribution is 2.33. The van der Waals surface area contributed by atoms with Crippen molar-refractivity contribution in [2.75, 3.05) is 6.54 Å². The summed E-state index contributed by atoms with van der Waals surface area (Å²) in [7, 11) is 0. The summed E-state index contributed by atoms with van der Waals surface area (Å²) in [5.41, 5.74) is 3.05. The molecule has 1 aliphatic heterocycles. The number of rotatable bonds is 4. The molecule has 4 rings (SSSR count). The first-order valence-corrected chi connectivity index (χ1v) is 8.37. The van der Waals surface area contributed by atoms with E-state index in [4.69, 9.17) is 14.4 Å². The van der Waals surface area contributed by atoms with Gasteiger partial charge >= 0.3 is 6.16 Å². The summed E-state index contributed by atoms with van der Waals surface area (Å²) in [4.78, 5) is 15.6. The van der Waals surface area contributed by atoms with E-state index in [9.17, 15) is 4.79 Å². The third-order valence-corrected chi connectivity index (χ3v) is 4.36. The van der Waals surface area contributed by atoms with Crippen LogP contribution in [0.5, 0.6) is 0 Å². The summed E-state index contributed by atoms with van der Waals surface area (Å²) in [5, 5.41) is 18.4. The van der Waals surface area contributed by atoms with Gasteiger partial charge in [-0.2, -0.15) is 0 Å². The zero-order valence-corrected chi connectivity index (χ0v) is 13.9. The minimum atomic E-state index is -1.34. The molecule has 0 spiro atoms. The van der Waals surface area contributed by atoms with Gasteiger partial charge in [0.05, 0.1) is 0 Å². The summed E-state index contributed by atoms with van der Waals surface area (Å²) < 4.78 is 5.77. The Labute approximate surface area is 149 Å². The fourth-order valence-corrected chi connectivity index (χ4v) is 3.12. The molecule has 7 nitrogen and oxygen atoms in total. The molecular weight excluding hydrogens is 334 g/mol. The maximum atomic E-state index is 10.8. The first-order chi connectivity index (χ1) is 12.7. The van der Waals surface area contributed by atoms with Gasteiger partial charge < -0.3 is 14.4 Å². The lowest BCUT2D eigenvalue weighted by Crippen LogP contribution is -2.26. The quantitative estimate of drug-likeness (QED) is 0.755. The Morgan fingerprint density at radius 2 is 1.73 bits per heavy atom. The topological polar surface area (TPSA) is 88.7 Å². The Morgan fingerprint density at radius 3 is 2.46 bits per heavy atom. The Hall–Kier alpha value is -3.19. The third-order valence-electron chi connectivity index (χ3n) is 4.36. The molecule has 1 saturated heterocycles. The average molecular weight is 351 g/mol. The molecule has 132 valence electrons. The summed E-state index contributed by atoms with van der Waals surface area (Å²) in [6.45, 7) is 0.514. The largest absolute Gasteiger partial charge is 0.525 e. The minimum Gasteiger partial charge on any atom is -0.448 e. The lowest BCUT2D eigenvalue weighted by molar-refractivity contribution is -0.134. The molecule has 1 aromatic heterocycles. The molecule has 0 saturated carbocycles. The maximum Gasteiger partial charge on any atom is 0.525 e. The van der Waals surface area contributed by atoms with Crippen LogP contribution >= 0.6 is 0 Å². The average Bonchev–Trinajstić information content (AvgIpc) is 3.31. The van der Waals surface area contributed by atoms with Crippen molar-refractivity contribution in [1.82, 2.24) is 15.3 Å². The third kappa shape index (κ3) is 3.29. The first kappa shape index (κ1) is 16.3. The zero-order valence-electron chi connectivity index (χ0n) is 13.9. The SMILES string of the molecule is O=C(O)ON1CCCC1c1nnc(-c2ccc(-c3ccccc3)cc2)o1. The smallest absolute Gasteiger partial charge is 0.448 e. The van der Waals surface area contributed by atoms with Crippen LogP contribution in [-0.4, -0.2) is 33.1 Å². The molecule has 26 heavy (non-hydrogen) atoms. The van der Waals surface area contributed by atoms with Gasteiger partial charge in [-0.3, -0.25) is 0 Å². The number of aromatic nitrogens is 2. The minimum absolute atomic E-state index is 0.337. The summed E-state index contributed by atoms with van der Waals surface area (Å²) in [5.74, 6) is 0.771. The van der Waals surface area contributed by atoms with Crippen LogP contribution in [0.2, 0.25) is 0 Å². The van der Waals surface area contributed by atoms with Gasteiger partial charge in [-0.15, -0.1) is 15.3 Å². The fourth-order valence-electron chi connectivity index (χ4n) is 3.12. The lowest BCUT2D eigenvalue weighted by Gasteiger charge is -2.17. The second-order valence-corrected chi connectivity index (χ2v) is 6.04. The fraction of sp³-hybridized carbons (Fsp3) is 0.211. The van der Waals surface area contributed by atoms with Crippen LogP contribution in [0.1, 0.15) is 24.8 Å². The first-order valence-electron chi connectivity index (χ1n) is 8.37. The molecule has 1 atom stereocenters. The van der Waals surface area contributed by atoms with E-state index in [2.05, 4.69) is 22.3 Å². The van der Waals surface area contributed by atoms with Crippen LogP contribution in [0.3, 0.4) is 0 Å². The molecule has 0 radical (unpaired) electrons. The number of hydrogen-bond acceptors (Lipinski definition) is 6.